The largest absolute Gasteiger partial charge is 0.457 e. The fraction of sp³-hybridized carbons (Fsp3) is 0.0189. The number of para-hydroxylation sites is 4. The predicted molar refractivity (Wildman–Crippen MR) is 230 cm³/mol. The van der Waals surface area contributed by atoms with Crippen LogP contribution in [0.3, 0.4) is 0 Å². The Morgan fingerprint density at radius 1 is 0.393 bits per heavy atom. The molecule has 1 unspecified atom stereocenters. The predicted octanol–water partition coefficient (Wildman–Crippen LogP) is 13.9. The summed E-state index contributed by atoms with van der Waals surface area (Å²) in [4.78, 5) is 2.39. The highest BCUT2D eigenvalue weighted by Crippen LogP contribution is 2.61. The first-order valence-corrected chi connectivity index (χ1v) is 19.3. The second-order valence-corrected chi connectivity index (χ2v) is 14.8. The molecule has 56 heavy (non-hydrogen) atoms. The molecule has 1 aliphatic carbocycles. The lowest BCUT2D eigenvalue weighted by atomic mass is 9.58. The summed E-state index contributed by atoms with van der Waals surface area (Å²) in [7, 11) is 0. The first-order chi connectivity index (χ1) is 27.8. The van der Waals surface area contributed by atoms with Crippen LogP contribution in [0.25, 0.3) is 49.4 Å². The van der Waals surface area contributed by atoms with E-state index in [0.717, 1.165) is 45.4 Å². The summed E-state index contributed by atoms with van der Waals surface area (Å²) in [5, 5.41) is 4.96. The van der Waals surface area contributed by atoms with Gasteiger partial charge in [0.25, 0.3) is 0 Å². The fourth-order valence-electron chi connectivity index (χ4n) is 9.80. The van der Waals surface area contributed by atoms with Gasteiger partial charge in [-0.1, -0.05) is 133 Å². The number of hydrogen-bond donors (Lipinski definition) is 0. The highest BCUT2D eigenvalue weighted by Gasteiger charge is 2.49. The molecule has 3 heteroatoms. The molecule has 10 aromatic rings. The van der Waals surface area contributed by atoms with Crippen molar-refractivity contribution >= 4 is 49.6 Å². The quantitative estimate of drug-likeness (QED) is 0.181. The minimum absolute atomic E-state index is 0.625. The van der Waals surface area contributed by atoms with Gasteiger partial charge in [0, 0.05) is 44.6 Å². The molecule has 1 spiro atoms. The van der Waals surface area contributed by atoms with Crippen LogP contribution in [-0.2, 0) is 5.41 Å². The standard InChI is InChI=1S/C53H34N2O/c1-3-17-36(18-4-1)54(38-29-31-49-43(33-38)41-22-8-11-27-48(41)55(49)37-19-5-2-6-20-37)39-30-32-51-47(34-39)53(45-25-10-12-28-50(45)56-51)44-24-9-7-21-40(44)42-23-13-15-35-16-14-26-46(53)52(35)42/h1-34H. The molecule has 1 atom stereocenters. The second-order valence-electron chi connectivity index (χ2n) is 14.8. The molecule has 262 valence electrons. The first kappa shape index (κ1) is 31.0. The van der Waals surface area contributed by atoms with Crippen LogP contribution in [0.2, 0.25) is 0 Å². The molecular formula is C53H34N2O. The van der Waals surface area contributed by atoms with Gasteiger partial charge in [0.05, 0.1) is 16.4 Å². The van der Waals surface area contributed by atoms with Crippen molar-refractivity contribution in [1.29, 1.82) is 0 Å². The SMILES string of the molecule is c1ccc(N(c2ccc3c(c2)C2(c4ccccc4O3)c3ccccc3-c3cccc4cccc2c34)c2ccc3c(c2)c2ccccc2n3-c2ccccc2)cc1. The van der Waals surface area contributed by atoms with Gasteiger partial charge < -0.3 is 14.2 Å². The van der Waals surface area contributed by atoms with Gasteiger partial charge in [-0.2, -0.15) is 0 Å². The molecule has 2 heterocycles. The molecule has 0 amide bonds. The number of rotatable bonds is 4. The second kappa shape index (κ2) is 11.8. The van der Waals surface area contributed by atoms with E-state index in [9.17, 15) is 0 Å². The maximum absolute atomic E-state index is 6.88. The summed E-state index contributed by atoms with van der Waals surface area (Å²) >= 11 is 0. The number of fused-ring (bicyclic) bond motifs is 11. The lowest BCUT2D eigenvalue weighted by molar-refractivity contribution is 0.435. The molecule has 12 rings (SSSR count). The van der Waals surface area contributed by atoms with E-state index < -0.39 is 5.41 Å². The third kappa shape index (κ3) is 4.22. The maximum Gasteiger partial charge on any atom is 0.132 e. The van der Waals surface area contributed by atoms with Gasteiger partial charge in [-0.15, -0.1) is 0 Å². The van der Waals surface area contributed by atoms with E-state index in [-0.39, 0.29) is 0 Å². The number of nitrogens with zero attached hydrogens (tertiary/aromatic N) is 2. The van der Waals surface area contributed by atoms with Gasteiger partial charge in [0.2, 0.25) is 0 Å². The van der Waals surface area contributed by atoms with Crippen molar-refractivity contribution in [2.45, 2.75) is 5.41 Å². The lowest BCUT2D eigenvalue weighted by Gasteiger charge is -2.45. The molecule has 3 nitrogen and oxygen atoms in total. The Morgan fingerprint density at radius 2 is 1.02 bits per heavy atom. The third-order valence-electron chi connectivity index (χ3n) is 12.0. The molecular weight excluding hydrogens is 681 g/mol. The van der Waals surface area contributed by atoms with Gasteiger partial charge in [-0.05, 0) is 106 Å². The van der Waals surface area contributed by atoms with Crippen LogP contribution in [0, 0.1) is 0 Å². The minimum atomic E-state index is -0.625. The topological polar surface area (TPSA) is 17.4 Å². The zero-order valence-electron chi connectivity index (χ0n) is 30.4. The molecule has 1 aliphatic heterocycles. The molecule has 0 saturated carbocycles. The average molecular weight is 715 g/mol. The van der Waals surface area contributed by atoms with Crippen molar-refractivity contribution in [2.24, 2.45) is 0 Å². The molecule has 2 aliphatic rings. The highest BCUT2D eigenvalue weighted by atomic mass is 16.5. The van der Waals surface area contributed by atoms with Crippen molar-refractivity contribution in [3.63, 3.8) is 0 Å². The molecule has 0 bridgehead atoms. The Balaban J connectivity index is 1.14. The normalized spacial score (nSPS) is 15.0. The van der Waals surface area contributed by atoms with Gasteiger partial charge in [-0.3, -0.25) is 0 Å². The molecule has 0 radical (unpaired) electrons. The van der Waals surface area contributed by atoms with Crippen molar-refractivity contribution in [2.75, 3.05) is 4.90 Å². The molecule has 0 N–H and O–H groups in total. The van der Waals surface area contributed by atoms with E-state index in [2.05, 4.69) is 216 Å². The molecule has 0 fully saturated rings. The van der Waals surface area contributed by atoms with Crippen molar-refractivity contribution in [1.82, 2.24) is 4.57 Å². The van der Waals surface area contributed by atoms with Crippen LogP contribution < -0.4 is 9.64 Å². The third-order valence-corrected chi connectivity index (χ3v) is 12.0. The van der Waals surface area contributed by atoms with E-state index >= 15 is 0 Å². The first-order valence-electron chi connectivity index (χ1n) is 19.3. The smallest absolute Gasteiger partial charge is 0.132 e. The van der Waals surface area contributed by atoms with Gasteiger partial charge in [0.15, 0.2) is 0 Å². The summed E-state index contributed by atoms with van der Waals surface area (Å²) < 4.78 is 9.25. The van der Waals surface area contributed by atoms with E-state index in [1.807, 2.05) is 0 Å². The summed E-state index contributed by atoms with van der Waals surface area (Å²) in [5.74, 6) is 1.76. The van der Waals surface area contributed by atoms with E-state index in [1.54, 1.807) is 0 Å². The Kier molecular flexibility index (Phi) is 6.55. The van der Waals surface area contributed by atoms with Crippen LogP contribution in [0.4, 0.5) is 17.1 Å². The van der Waals surface area contributed by atoms with Gasteiger partial charge in [0.1, 0.15) is 11.5 Å². The molecule has 0 saturated heterocycles. The van der Waals surface area contributed by atoms with Gasteiger partial charge in [-0.25, -0.2) is 0 Å². The number of aromatic nitrogens is 1. The average Bonchev–Trinajstić information content (AvgIpc) is 3.60. The monoisotopic (exact) mass is 714 g/mol. The van der Waals surface area contributed by atoms with Crippen molar-refractivity contribution < 1.29 is 4.74 Å². The molecule has 1 aromatic heterocycles. The van der Waals surface area contributed by atoms with Crippen LogP contribution in [-0.4, -0.2) is 4.57 Å². The van der Waals surface area contributed by atoms with Gasteiger partial charge >= 0.3 is 0 Å². The highest BCUT2D eigenvalue weighted by molar-refractivity contribution is 6.11. The van der Waals surface area contributed by atoms with Crippen LogP contribution >= 0.6 is 0 Å². The van der Waals surface area contributed by atoms with Crippen LogP contribution in [0.5, 0.6) is 11.5 Å². The van der Waals surface area contributed by atoms with Crippen LogP contribution in [0.15, 0.2) is 206 Å². The number of anilines is 3. The van der Waals surface area contributed by atoms with Crippen molar-refractivity contribution in [3.8, 4) is 28.3 Å². The maximum atomic E-state index is 6.88. The Hall–Kier alpha value is -7.36. The minimum Gasteiger partial charge on any atom is -0.457 e. The summed E-state index contributed by atoms with van der Waals surface area (Å²) in [6.07, 6.45) is 0. The Bertz CT molecular complexity index is 3180. The fourth-order valence-corrected chi connectivity index (χ4v) is 9.80. The van der Waals surface area contributed by atoms with Crippen LogP contribution in [0.1, 0.15) is 22.3 Å². The summed E-state index contributed by atoms with van der Waals surface area (Å²) in [6.45, 7) is 0. The lowest BCUT2D eigenvalue weighted by Crippen LogP contribution is -2.36. The van der Waals surface area contributed by atoms with E-state index in [0.29, 0.717) is 0 Å². The zero-order valence-corrected chi connectivity index (χ0v) is 30.4. The number of ether oxygens (including phenoxy) is 1. The summed E-state index contributed by atoms with van der Waals surface area (Å²) in [6, 6.07) is 74.9. The van der Waals surface area contributed by atoms with Crippen molar-refractivity contribution in [3.05, 3.63) is 229 Å². The Labute approximate surface area is 324 Å². The zero-order chi connectivity index (χ0) is 36.8. The Morgan fingerprint density at radius 3 is 1.89 bits per heavy atom. The van der Waals surface area contributed by atoms with E-state index in [1.165, 1.54) is 54.8 Å². The summed E-state index contributed by atoms with van der Waals surface area (Å²) in [5.41, 5.74) is 13.5. The number of hydrogen-bond acceptors (Lipinski definition) is 2. The van der Waals surface area contributed by atoms with E-state index in [4.69, 9.17) is 4.74 Å². The number of benzene rings is 9. The molecule has 9 aromatic carbocycles.